The molecule has 1 fully saturated rings. The molecule has 0 spiro atoms. The Kier molecular flexibility index (Phi) is 5.80. The summed E-state index contributed by atoms with van der Waals surface area (Å²) < 4.78 is 11.0. The van der Waals surface area contributed by atoms with Crippen LogP contribution in [-0.2, 0) is 22.6 Å². The second-order valence-corrected chi connectivity index (χ2v) is 7.97. The van der Waals surface area contributed by atoms with Crippen LogP contribution < -0.4 is 5.32 Å². The van der Waals surface area contributed by atoms with Crippen LogP contribution in [0.2, 0.25) is 0 Å². The Morgan fingerprint density at radius 1 is 1.14 bits per heavy atom. The third kappa shape index (κ3) is 5.04. The Labute approximate surface area is 132 Å². The lowest BCUT2D eigenvalue weighted by Gasteiger charge is -2.19. The number of likely N-dealkylation sites (tertiary alicyclic amines) is 1. The van der Waals surface area contributed by atoms with Crippen molar-refractivity contribution < 1.29 is 9.47 Å². The van der Waals surface area contributed by atoms with Gasteiger partial charge in [-0.3, -0.25) is 4.90 Å². The van der Waals surface area contributed by atoms with Gasteiger partial charge in [-0.25, -0.2) is 0 Å². The van der Waals surface area contributed by atoms with Gasteiger partial charge >= 0.3 is 0 Å². The van der Waals surface area contributed by atoms with Crippen molar-refractivity contribution in [1.82, 2.24) is 10.2 Å². The highest BCUT2D eigenvalue weighted by Gasteiger charge is 2.32. The Morgan fingerprint density at radius 3 is 2.24 bits per heavy atom. The largest absolute Gasteiger partial charge is 0.377 e. The first-order valence-electron chi connectivity index (χ1n) is 7.52. The maximum absolute atomic E-state index is 5.49. The number of methoxy groups -OCH3 is 2. The third-order valence-electron chi connectivity index (χ3n) is 3.79. The summed E-state index contributed by atoms with van der Waals surface area (Å²) in [6, 6.07) is 4.47. The molecule has 2 heterocycles. The molecule has 1 saturated heterocycles. The van der Waals surface area contributed by atoms with Crippen molar-refractivity contribution in [2.75, 3.05) is 27.3 Å². The quantitative estimate of drug-likeness (QED) is 0.875. The van der Waals surface area contributed by atoms with Gasteiger partial charge in [0.15, 0.2) is 0 Å². The van der Waals surface area contributed by atoms with Crippen molar-refractivity contribution >= 4 is 11.3 Å². The number of thiophene rings is 1. The van der Waals surface area contributed by atoms with Crippen LogP contribution in [-0.4, -0.2) is 50.0 Å². The fourth-order valence-corrected chi connectivity index (χ4v) is 3.58. The van der Waals surface area contributed by atoms with Gasteiger partial charge in [0.2, 0.25) is 0 Å². The topological polar surface area (TPSA) is 33.7 Å². The first kappa shape index (κ1) is 16.9. The van der Waals surface area contributed by atoms with E-state index in [1.54, 1.807) is 14.2 Å². The summed E-state index contributed by atoms with van der Waals surface area (Å²) in [6.07, 6.45) is 0.383. The van der Waals surface area contributed by atoms with Crippen LogP contribution in [0.4, 0.5) is 0 Å². The number of nitrogens with one attached hydrogen (secondary N) is 1. The Bertz CT molecular complexity index is 430. The average Bonchev–Trinajstić information content (AvgIpc) is 3.02. The summed E-state index contributed by atoms with van der Waals surface area (Å²) in [4.78, 5) is 5.22. The first-order chi connectivity index (χ1) is 9.91. The normalized spacial score (nSPS) is 23.9. The molecule has 0 saturated carbocycles. The van der Waals surface area contributed by atoms with Crippen LogP contribution in [0.15, 0.2) is 12.1 Å². The molecule has 2 unspecified atom stereocenters. The molecule has 0 amide bonds. The lowest BCUT2D eigenvalue weighted by Crippen LogP contribution is -2.34. The van der Waals surface area contributed by atoms with Crippen LogP contribution >= 0.6 is 11.3 Å². The molecule has 0 aromatic carbocycles. The summed E-state index contributed by atoms with van der Waals surface area (Å²) in [7, 11) is 3.53. The molecule has 1 N–H and O–H groups in total. The lowest BCUT2D eigenvalue weighted by molar-refractivity contribution is -0.00461. The minimum absolute atomic E-state index is 0.163. The van der Waals surface area contributed by atoms with Gasteiger partial charge in [0.25, 0.3) is 0 Å². The number of rotatable bonds is 6. The van der Waals surface area contributed by atoms with Crippen LogP contribution in [0.25, 0.3) is 0 Å². The summed E-state index contributed by atoms with van der Waals surface area (Å²) in [5.41, 5.74) is 0.163. The van der Waals surface area contributed by atoms with E-state index in [4.69, 9.17) is 9.47 Å². The molecular weight excluding hydrogens is 284 g/mol. The zero-order valence-corrected chi connectivity index (χ0v) is 14.6. The third-order valence-corrected chi connectivity index (χ3v) is 4.86. The fraction of sp³-hybridized carbons (Fsp3) is 0.750. The molecule has 1 aromatic heterocycles. The Hall–Kier alpha value is -0.460. The predicted octanol–water partition coefficient (Wildman–Crippen LogP) is 2.48. The number of nitrogens with zero attached hydrogens (tertiary/aromatic N) is 1. The fourth-order valence-electron chi connectivity index (χ4n) is 2.58. The summed E-state index contributed by atoms with van der Waals surface area (Å²) in [5, 5.41) is 3.53. The SMILES string of the molecule is COC1CN(Cc2ccc(CNC(C)(C)C)s2)CC1OC. The molecule has 5 heteroatoms. The maximum Gasteiger partial charge on any atom is 0.0971 e. The molecule has 1 aromatic rings. The van der Waals surface area contributed by atoms with E-state index in [1.165, 1.54) is 9.75 Å². The van der Waals surface area contributed by atoms with Gasteiger partial charge in [-0.2, -0.15) is 0 Å². The van der Waals surface area contributed by atoms with Crippen molar-refractivity contribution in [2.45, 2.75) is 51.6 Å². The minimum atomic E-state index is 0.163. The first-order valence-corrected chi connectivity index (χ1v) is 8.33. The Balaban J connectivity index is 1.85. The number of hydrogen-bond donors (Lipinski definition) is 1. The smallest absolute Gasteiger partial charge is 0.0971 e. The van der Waals surface area contributed by atoms with E-state index in [2.05, 4.69) is 43.1 Å². The average molecular weight is 312 g/mol. The van der Waals surface area contributed by atoms with Crippen molar-refractivity contribution in [3.05, 3.63) is 21.9 Å². The van der Waals surface area contributed by atoms with Crippen LogP contribution in [0.3, 0.4) is 0 Å². The number of ether oxygens (including phenoxy) is 2. The molecule has 2 rings (SSSR count). The molecule has 1 aliphatic heterocycles. The highest BCUT2D eigenvalue weighted by molar-refractivity contribution is 7.11. The van der Waals surface area contributed by atoms with Gasteiger partial charge in [-0.05, 0) is 32.9 Å². The second kappa shape index (κ2) is 7.20. The van der Waals surface area contributed by atoms with E-state index in [-0.39, 0.29) is 17.7 Å². The molecule has 1 aliphatic rings. The van der Waals surface area contributed by atoms with E-state index in [0.29, 0.717) is 0 Å². The molecule has 0 aliphatic carbocycles. The van der Waals surface area contributed by atoms with Gasteiger partial charge in [0, 0.05) is 55.7 Å². The monoisotopic (exact) mass is 312 g/mol. The van der Waals surface area contributed by atoms with Gasteiger partial charge < -0.3 is 14.8 Å². The van der Waals surface area contributed by atoms with Crippen molar-refractivity contribution in [2.24, 2.45) is 0 Å². The summed E-state index contributed by atoms with van der Waals surface area (Å²) in [5.74, 6) is 0. The standard InChI is InChI=1S/C16H28N2O2S/c1-16(2,3)17-8-12-6-7-13(21-12)9-18-10-14(19-4)15(11-18)20-5/h6-7,14-15,17H,8-11H2,1-5H3. The number of hydrogen-bond acceptors (Lipinski definition) is 5. The van der Waals surface area contributed by atoms with Crippen molar-refractivity contribution in [3.8, 4) is 0 Å². The summed E-state index contributed by atoms with van der Waals surface area (Å²) >= 11 is 1.89. The van der Waals surface area contributed by atoms with E-state index < -0.39 is 0 Å². The molecule has 0 bridgehead atoms. The maximum atomic E-state index is 5.49. The van der Waals surface area contributed by atoms with Gasteiger partial charge in [-0.1, -0.05) is 0 Å². The van der Waals surface area contributed by atoms with Crippen molar-refractivity contribution in [1.29, 1.82) is 0 Å². The molecule has 4 nitrogen and oxygen atoms in total. The second-order valence-electron chi connectivity index (χ2n) is 6.71. The van der Waals surface area contributed by atoms with E-state index >= 15 is 0 Å². The highest BCUT2D eigenvalue weighted by atomic mass is 32.1. The van der Waals surface area contributed by atoms with Crippen molar-refractivity contribution in [3.63, 3.8) is 0 Å². The predicted molar refractivity (Wildman–Crippen MR) is 87.8 cm³/mol. The van der Waals surface area contributed by atoms with Crippen LogP contribution in [0.5, 0.6) is 0 Å². The van der Waals surface area contributed by atoms with E-state index in [0.717, 1.165) is 26.2 Å². The molecule has 21 heavy (non-hydrogen) atoms. The van der Waals surface area contributed by atoms with Gasteiger partial charge in [-0.15, -0.1) is 11.3 Å². The van der Waals surface area contributed by atoms with Gasteiger partial charge in [0.1, 0.15) is 0 Å². The zero-order chi connectivity index (χ0) is 15.5. The van der Waals surface area contributed by atoms with Crippen LogP contribution in [0.1, 0.15) is 30.5 Å². The van der Waals surface area contributed by atoms with Crippen LogP contribution in [0, 0.1) is 0 Å². The Morgan fingerprint density at radius 2 is 1.71 bits per heavy atom. The molecule has 0 radical (unpaired) electrons. The highest BCUT2D eigenvalue weighted by Crippen LogP contribution is 2.23. The minimum Gasteiger partial charge on any atom is -0.377 e. The van der Waals surface area contributed by atoms with E-state index in [1.807, 2.05) is 11.3 Å². The molecule has 2 atom stereocenters. The zero-order valence-electron chi connectivity index (χ0n) is 13.8. The molecule has 120 valence electrons. The van der Waals surface area contributed by atoms with Gasteiger partial charge in [0.05, 0.1) is 12.2 Å². The summed E-state index contributed by atoms with van der Waals surface area (Å²) in [6.45, 7) is 10.4. The lowest BCUT2D eigenvalue weighted by atomic mass is 10.1. The van der Waals surface area contributed by atoms with E-state index in [9.17, 15) is 0 Å². The molecular formula is C16H28N2O2S.